The first-order chi connectivity index (χ1) is 9.36. The lowest BCUT2D eigenvalue weighted by molar-refractivity contribution is -0.00135. The van der Waals surface area contributed by atoms with Gasteiger partial charge in [0.05, 0.1) is 46.2 Å². The van der Waals surface area contributed by atoms with Crippen LogP contribution in [0.4, 0.5) is 0 Å². The van der Waals surface area contributed by atoms with E-state index in [1.165, 1.54) is 0 Å². The molecule has 1 aromatic rings. The highest BCUT2D eigenvalue weighted by Crippen LogP contribution is 2.07. The van der Waals surface area contributed by atoms with Crippen molar-refractivity contribution in [3.05, 3.63) is 23.7 Å². The molecule has 6 heteroatoms. The highest BCUT2D eigenvalue weighted by molar-refractivity contribution is 5.05. The molecule has 19 heavy (non-hydrogen) atoms. The van der Waals surface area contributed by atoms with Crippen molar-refractivity contribution in [1.82, 2.24) is 0 Å². The molecule has 0 aliphatic heterocycles. The Hall–Kier alpha value is -0.920. The monoisotopic (exact) mass is 273 g/mol. The Morgan fingerprint density at radius 2 is 1.47 bits per heavy atom. The van der Waals surface area contributed by atoms with E-state index in [-0.39, 0.29) is 0 Å². The Kier molecular flexibility index (Phi) is 9.30. The summed E-state index contributed by atoms with van der Waals surface area (Å²) in [6.45, 7) is 4.25. The van der Waals surface area contributed by atoms with Crippen LogP contribution in [0.3, 0.4) is 0 Å². The molecule has 0 unspecified atom stereocenters. The van der Waals surface area contributed by atoms with Crippen LogP contribution in [-0.4, -0.2) is 46.8 Å². The van der Waals surface area contributed by atoms with Gasteiger partial charge in [-0.2, -0.15) is 0 Å². The van der Waals surface area contributed by atoms with Crippen LogP contribution in [0, 0.1) is 0 Å². The molecule has 1 aromatic heterocycles. The maximum atomic E-state index is 5.44. The lowest BCUT2D eigenvalue weighted by atomic mass is 10.4. The fourth-order valence-electron chi connectivity index (χ4n) is 1.36. The van der Waals surface area contributed by atoms with Crippen molar-refractivity contribution >= 4 is 0 Å². The number of nitrogens with two attached hydrogens (primary N) is 1. The summed E-state index contributed by atoms with van der Waals surface area (Å²) < 4.78 is 26.2. The van der Waals surface area contributed by atoms with Crippen molar-refractivity contribution in [2.75, 3.05) is 46.8 Å². The molecule has 0 saturated heterocycles. The molecule has 0 atom stereocenters. The van der Waals surface area contributed by atoms with Crippen molar-refractivity contribution in [2.24, 2.45) is 5.73 Å². The normalized spacial score (nSPS) is 11.1. The summed E-state index contributed by atoms with van der Waals surface area (Å²) in [4.78, 5) is 0. The number of furan rings is 1. The molecule has 0 bridgehead atoms. The van der Waals surface area contributed by atoms with Crippen LogP contribution in [0.5, 0.6) is 0 Å². The van der Waals surface area contributed by atoms with Gasteiger partial charge in [-0.25, -0.2) is 0 Å². The summed E-state index contributed by atoms with van der Waals surface area (Å²) in [5.41, 5.74) is 5.44. The van der Waals surface area contributed by atoms with Gasteiger partial charge in [0.2, 0.25) is 0 Å². The largest absolute Gasteiger partial charge is 0.462 e. The van der Waals surface area contributed by atoms with E-state index in [9.17, 15) is 0 Å². The first kappa shape index (κ1) is 16.1. The molecule has 110 valence electrons. The van der Waals surface area contributed by atoms with Crippen LogP contribution in [0.15, 0.2) is 16.5 Å². The second kappa shape index (κ2) is 11.0. The number of methoxy groups -OCH3 is 1. The highest BCUT2D eigenvalue weighted by atomic mass is 16.6. The summed E-state index contributed by atoms with van der Waals surface area (Å²) in [6, 6.07) is 3.72. The molecule has 0 aliphatic carbocycles. The molecule has 0 fully saturated rings. The molecular formula is C13H23NO5. The Morgan fingerprint density at radius 1 is 0.895 bits per heavy atom. The second-order valence-corrected chi connectivity index (χ2v) is 3.84. The van der Waals surface area contributed by atoms with Crippen LogP contribution >= 0.6 is 0 Å². The summed E-state index contributed by atoms with van der Waals surface area (Å²) in [6.07, 6.45) is 0. The van der Waals surface area contributed by atoms with Gasteiger partial charge in [-0.3, -0.25) is 0 Å². The van der Waals surface area contributed by atoms with Gasteiger partial charge in [0, 0.05) is 7.11 Å². The summed E-state index contributed by atoms with van der Waals surface area (Å²) in [5.74, 6) is 1.55. The Bertz CT molecular complexity index is 316. The molecule has 0 aliphatic rings. The average molecular weight is 273 g/mol. The van der Waals surface area contributed by atoms with E-state index in [0.29, 0.717) is 52.8 Å². The van der Waals surface area contributed by atoms with Crippen molar-refractivity contribution in [3.63, 3.8) is 0 Å². The smallest absolute Gasteiger partial charge is 0.129 e. The Balaban J connectivity index is 1.86. The molecular weight excluding hydrogens is 250 g/mol. The quantitative estimate of drug-likeness (QED) is 0.571. The number of ether oxygens (including phenoxy) is 4. The van der Waals surface area contributed by atoms with E-state index in [0.717, 1.165) is 11.5 Å². The number of hydrogen-bond donors (Lipinski definition) is 1. The van der Waals surface area contributed by atoms with Crippen LogP contribution in [0.1, 0.15) is 11.5 Å². The fraction of sp³-hybridized carbons (Fsp3) is 0.692. The SMILES string of the molecule is COCCOCCOCCOCc1ccc(CN)o1. The predicted molar refractivity (Wildman–Crippen MR) is 69.8 cm³/mol. The minimum absolute atomic E-state index is 0.409. The van der Waals surface area contributed by atoms with E-state index in [4.69, 9.17) is 29.1 Å². The van der Waals surface area contributed by atoms with Gasteiger partial charge in [-0.1, -0.05) is 0 Å². The molecule has 1 rings (SSSR count). The van der Waals surface area contributed by atoms with Gasteiger partial charge in [0.25, 0.3) is 0 Å². The lowest BCUT2D eigenvalue weighted by Gasteiger charge is -2.05. The molecule has 0 spiro atoms. The number of rotatable bonds is 12. The third-order valence-corrected chi connectivity index (χ3v) is 2.34. The summed E-state index contributed by atoms with van der Waals surface area (Å²) in [7, 11) is 1.65. The molecule has 0 radical (unpaired) electrons. The van der Waals surface area contributed by atoms with Gasteiger partial charge < -0.3 is 29.1 Å². The molecule has 0 saturated carbocycles. The Morgan fingerprint density at radius 3 is 2.05 bits per heavy atom. The van der Waals surface area contributed by atoms with Gasteiger partial charge >= 0.3 is 0 Å². The molecule has 2 N–H and O–H groups in total. The zero-order valence-corrected chi connectivity index (χ0v) is 11.4. The zero-order valence-electron chi connectivity index (χ0n) is 11.4. The van der Waals surface area contributed by atoms with E-state index in [1.807, 2.05) is 12.1 Å². The third kappa shape index (κ3) is 7.97. The second-order valence-electron chi connectivity index (χ2n) is 3.84. The summed E-state index contributed by atoms with van der Waals surface area (Å²) in [5, 5.41) is 0. The standard InChI is InChI=1S/C13H23NO5/c1-15-4-5-16-6-7-17-8-9-18-11-13-3-2-12(10-14)19-13/h2-3H,4-11,14H2,1H3. The van der Waals surface area contributed by atoms with Gasteiger partial charge in [-0.15, -0.1) is 0 Å². The topological polar surface area (TPSA) is 76.1 Å². The minimum atomic E-state index is 0.409. The van der Waals surface area contributed by atoms with Crippen LogP contribution in [0.2, 0.25) is 0 Å². The molecule has 0 amide bonds. The minimum Gasteiger partial charge on any atom is -0.462 e. The highest BCUT2D eigenvalue weighted by Gasteiger charge is 2.00. The van der Waals surface area contributed by atoms with Gasteiger partial charge in [0.15, 0.2) is 0 Å². The lowest BCUT2D eigenvalue weighted by Crippen LogP contribution is -2.11. The van der Waals surface area contributed by atoms with Crippen molar-refractivity contribution in [3.8, 4) is 0 Å². The Labute approximate surface area is 113 Å². The van der Waals surface area contributed by atoms with Crippen molar-refractivity contribution < 1.29 is 23.4 Å². The van der Waals surface area contributed by atoms with E-state index >= 15 is 0 Å². The van der Waals surface area contributed by atoms with Gasteiger partial charge in [0.1, 0.15) is 18.1 Å². The maximum absolute atomic E-state index is 5.44. The van der Waals surface area contributed by atoms with Crippen LogP contribution in [-0.2, 0) is 32.1 Å². The first-order valence-electron chi connectivity index (χ1n) is 6.36. The maximum Gasteiger partial charge on any atom is 0.129 e. The fourth-order valence-corrected chi connectivity index (χ4v) is 1.36. The van der Waals surface area contributed by atoms with E-state index < -0.39 is 0 Å². The van der Waals surface area contributed by atoms with E-state index in [1.54, 1.807) is 7.11 Å². The summed E-state index contributed by atoms with van der Waals surface area (Å²) >= 11 is 0. The third-order valence-electron chi connectivity index (χ3n) is 2.34. The number of hydrogen-bond acceptors (Lipinski definition) is 6. The average Bonchev–Trinajstić information content (AvgIpc) is 2.89. The van der Waals surface area contributed by atoms with Crippen molar-refractivity contribution in [1.29, 1.82) is 0 Å². The first-order valence-corrected chi connectivity index (χ1v) is 6.36. The predicted octanol–water partition coefficient (Wildman–Crippen LogP) is 0.934. The van der Waals surface area contributed by atoms with Crippen LogP contribution in [0.25, 0.3) is 0 Å². The van der Waals surface area contributed by atoms with E-state index in [2.05, 4.69) is 0 Å². The van der Waals surface area contributed by atoms with Crippen LogP contribution < -0.4 is 5.73 Å². The molecule has 1 heterocycles. The zero-order chi connectivity index (χ0) is 13.8. The van der Waals surface area contributed by atoms with Crippen molar-refractivity contribution in [2.45, 2.75) is 13.2 Å². The molecule has 6 nitrogen and oxygen atoms in total. The van der Waals surface area contributed by atoms with Gasteiger partial charge in [-0.05, 0) is 12.1 Å². The molecule has 0 aromatic carbocycles.